The van der Waals surface area contributed by atoms with Crippen LogP contribution in [0, 0.1) is 5.41 Å². The van der Waals surface area contributed by atoms with Crippen LogP contribution in [-0.4, -0.2) is 11.9 Å². The van der Waals surface area contributed by atoms with Crippen molar-refractivity contribution in [3.63, 3.8) is 0 Å². The third kappa shape index (κ3) is 3.98. The molecule has 0 aromatic carbocycles. The molecule has 3 heteroatoms. The fourth-order valence-electron chi connectivity index (χ4n) is 0.183. The summed E-state index contributed by atoms with van der Waals surface area (Å²) in [5, 5.41) is 6.69. The molecule has 0 heterocycles. The Labute approximate surface area is 62.4 Å². The van der Waals surface area contributed by atoms with Gasteiger partial charge >= 0.3 is 0 Å². The number of hydrogen-bond acceptors (Lipinski definition) is 2. The van der Waals surface area contributed by atoms with Crippen LogP contribution in [0.2, 0.25) is 0 Å². The van der Waals surface area contributed by atoms with Crippen molar-refractivity contribution in [1.82, 2.24) is 0 Å². The quantitative estimate of drug-likeness (QED) is 0.548. The van der Waals surface area contributed by atoms with E-state index < -0.39 is 0 Å². The van der Waals surface area contributed by atoms with Gasteiger partial charge in [-0.25, -0.2) is 0 Å². The first-order valence-electron chi connectivity index (χ1n) is 2.11. The molecule has 0 aliphatic heterocycles. The molecule has 0 amide bonds. The topological polar surface area (TPSA) is 36.2 Å². The van der Waals surface area contributed by atoms with Gasteiger partial charge in [-0.3, -0.25) is 4.99 Å². The third-order valence-corrected chi connectivity index (χ3v) is 0.865. The van der Waals surface area contributed by atoms with Crippen molar-refractivity contribution in [1.29, 1.82) is 5.41 Å². The van der Waals surface area contributed by atoms with Gasteiger partial charge in [0.15, 0.2) is 0 Å². The van der Waals surface area contributed by atoms with E-state index in [1.165, 1.54) is 6.21 Å². The molecule has 44 valence electrons. The van der Waals surface area contributed by atoms with E-state index in [0.717, 1.165) is 5.71 Å². The number of aliphatic imine (C=N–C) groups is 1. The Balaban J connectivity index is 3.74. The summed E-state index contributed by atoms with van der Waals surface area (Å²) in [5.74, 6) is 0. The molecule has 0 atom stereocenters. The summed E-state index contributed by atoms with van der Waals surface area (Å²) in [6.07, 6.45) is 2.87. The molecule has 0 aliphatic rings. The molecule has 0 bridgehead atoms. The minimum Gasteiger partial charge on any atom is -0.307 e. The van der Waals surface area contributed by atoms with Gasteiger partial charge in [-0.2, -0.15) is 0 Å². The zero-order chi connectivity index (χ0) is 6.41. The standard InChI is InChI=1S/C5H7IN2/c1-5(4-7)8-3-2-6/h2-4,7H,1H3/b3-2-,7-4?,8-5?. The van der Waals surface area contributed by atoms with Gasteiger partial charge in [0.2, 0.25) is 0 Å². The van der Waals surface area contributed by atoms with Crippen LogP contribution >= 0.6 is 22.6 Å². The molecule has 0 aliphatic carbocycles. The van der Waals surface area contributed by atoms with Gasteiger partial charge in [0, 0.05) is 12.4 Å². The lowest BCUT2D eigenvalue weighted by Gasteiger charge is -1.79. The second-order valence-electron chi connectivity index (χ2n) is 1.19. The van der Waals surface area contributed by atoms with Crippen molar-refractivity contribution in [2.75, 3.05) is 0 Å². The summed E-state index contributed by atoms with van der Waals surface area (Å²) in [6, 6.07) is 0. The van der Waals surface area contributed by atoms with Gasteiger partial charge in [0.25, 0.3) is 0 Å². The maximum atomic E-state index is 6.69. The molecule has 0 radical (unpaired) electrons. The molecule has 0 spiro atoms. The van der Waals surface area contributed by atoms with Crippen LogP contribution in [0.15, 0.2) is 15.3 Å². The molecule has 0 saturated carbocycles. The van der Waals surface area contributed by atoms with Gasteiger partial charge in [0.1, 0.15) is 0 Å². The Morgan fingerprint density at radius 1 is 1.75 bits per heavy atom. The van der Waals surface area contributed by atoms with Crippen LogP contribution in [-0.2, 0) is 0 Å². The minimum absolute atomic E-state index is 0.720. The predicted molar refractivity (Wildman–Crippen MR) is 45.1 cm³/mol. The predicted octanol–water partition coefficient (Wildman–Crippen LogP) is 2.00. The highest BCUT2D eigenvalue weighted by molar-refractivity contribution is 14.1. The van der Waals surface area contributed by atoms with E-state index in [4.69, 9.17) is 5.41 Å². The molecular formula is C5H7IN2. The Morgan fingerprint density at radius 3 is 2.75 bits per heavy atom. The smallest absolute Gasteiger partial charge is 0.0548 e. The molecule has 1 N–H and O–H groups in total. The average molecular weight is 222 g/mol. The van der Waals surface area contributed by atoms with Gasteiger partial charge in [-0.05, 0) is 11.0 Å². The van der Waals surface area contributed by atoms with Crippen LogP contribution in [0.25, 0.3) is 0 Å². The van der Waals surface area contributed by atoms with Crippen LogP contribution in [0.1, 0.15) is 6.92 Å². The lowest BCUT2D eigenvalue weighted by atomic mass is 10.5. The maximum Gasteiger partial charge on any atom is 0.0548 e. The van der Waals surface area contributed by atoms with Gasteiger partial charge in [-0.15, -0.1) is 0 Å². The molecular weight excluding hydrogens is 215 g/mol. The van der Waals surface area contributed by atoms with Crippen LogP contribution < -0.4 is 0 Å². The summed E-state index contributed by atoms with van der Waals surface area (Å²) in [7, 11) is 0. The Kier molecular flexibility index (Phi) is 4.84. The van der Waals surface area contributed by atoms with Crippen LogP contribution in [0.4, 0.5) is 0 Å². The zero-order valence-corrected chi connectivity index (χ0v) is 6.71. The zero-order valence-electron chi connectivity index (χ0n) is 4.56. The lowest BCUT2D eigenvalue weighted by molar-refractivity contribution is 1.54. The van der Waals surface area contributed by atoms with Gasteiger partial charge in [-0.1, -0.05) is 22.6 Å². The maximum absolute atomic E-state index is 6.69. The SMILES string of the molecule is CC(C=N)=N/C=C\I. The van der Waals surface area contributed by atoms with E-state index >= 15 is 0 Å². The van der Waals surface area contributed by atoms with E-state index in [1.54, 1.807) is 17.2 Å². The largest absolute Gasteiger partial charge is 0.307 e. The fraction of sp³-hybridized carbons (Fsp3) is 0.200. The van der Waals surface area contributed by atoms with Gasteiger partial charge < -0.3 is 5.41 Å². The molecule has 0 fully saturated rings. The number of nitrogens with zero attached hydrogens (tertiary/aromatic N) is 1. The number of halogens is 1. The summed E-state index contributed by atoms with van der Waals surface area (Å²) in [6.45, 7) is 1.78. The van der Waals surface area contributed by atoms with Crippen molar-refractivity contribution in [2.24, 2.45) is 4.99 Å². The summed E-state index contributed by atoms with van der Waals surface area (Å²) >= 11 is 2.07. The first-order chi connectivity index (χ1) is 3.81. The Bertz CT molecular complexity index is 126. The monoisotopic (exact) mass is 222 g/mol. The highest BCUT2D eigenvalue weighted by Crippen LogP contribution is 1.84. The fourth-order valence-corrected chi connectivity index (χ4v) is 0.344. The van der Waals surface area contributed by atoms with Crippen LogP contribution in [0.3, 0.4) is 0 Å². The summed E-state index contributed by atoms with van der Waals surface area (Å²) < 4.78 is 1.80. The van der Waals surface area contributed by atoms with Crippen molar-refractivity contribution < 1.29 is 0 Å². The van der Waals surface area contributed by atoms with Crippen molar-refractivity contribution >= 4 is 34.5 Å². The molecule has 2 nitrogen and oxygen atoms in total. The molecule has 0 unspecified atom stereocenters. The van der Waals surface area contributed by atoms with E-state index in [-0.39, 0.29) is 0 Å². The number of nitrogens with one attached hydrogen (secondary N) is 1. The lowest BCUT2D eigenvalue weighted by Crippen LogP contribution is -1.87. The van der Waals surface area contributed by atoms with E-state index in [2.05, 4.69) is 27.6 Å². The minimum atomic E-state index is 0.720. The van der Waals surface area contributed by atoms with Crippen LogP contribution in [0.5, 0.6) is 0 Å². The highest BCUT2D eigenvalue weighted by atomic mass is 127. The highest BCUT2D eigenvalue weighted by Gasteiger charge is 1.73. The molecule has 0 aromatic heterocycles. The normalized spacial score (nSPS) is 12.5. The number of hydrogen-bond donors (Lipinski definition) is 1. The van der Waals surface area contributed by atoms with Crippen molar-refractivity contribution in [2.45, 2.75) is 6.92 Å². The number of rotatable bonds is 2. The van der Waals surface area contributed by atoms with E-state index in [0.29, 0.717) is 0 Å². The summed E-state index contributed by atoms with van der Waals surface area (Å²) in [4.78, 5) is 3.85. The van der Waals surface area contributed by atoms with Gasteiger partial charge in [0.05, 0.1) is 5.71 Å². The second kappa shape index (κ2) is 4.96. The van der Waals surface area contributed by atoms with E-state index in [9.17, 15) is 0 Å². The molecule has 0 aromatic rings. The Morgan fingerprint density at radius 2 is 2.38 bits per heavy atom. The molecule has 0 rings (SSSR count). The molecule has 0 saturated heterocycles. The Hall–Kier alpha value is -0.190. The van der Waals surface area contributed by atoms with Crippen molar-refractivity contribution in [3.8, 4) is 0 Å². The summed E-state index contributed by atoms with van der Waals surface area (Å²) in [5.41, 5.74) is 0.720. The second-order valence-corrected chi connectivity index (χ2v) is 1.91. The molecule has 8 heavy (non-hydrogen) atoms. The average Bonchev–Trinajstić information content (AvgIpc) is 1.83. The third-order valence-electron chi connectivity index (χ3n) is 0.543. The van der Waals surface area contributed by atoms with E-state index in [1.807, 2.05) is 0 Å². The first kappa shape index (κ1) is 7.81. The first-order valence-corrected chi connectivity index (χ1v) is 3.36. The van der Waals surface area contributed by atoms with Crippen molar-refractivity contribution in [3.05, 3.63) is 10.3 Å².